The molecule has 0 aliphatic carbocycles. The predicted molar refractivity (Wildman–Crippen MR) is 303 cm³/mol. The lowest BCUT2D eigenvalue weighted by Crippen LogP contribution is -1.91. The van der Waals surface area contributed by atoms with Gasteiger partial charge in [0.15, 0.2) is 0 Å². The third-order valence-corrected chi connectivity index (χ3v) is 15.9. The van der Waals surface area contributed by atoms with Crippen LogP contribution in [0.2, 0.25) is 0 Å². The molecule has 0 aliphatic heterocycles. The molecule has 0 saturated heterocycles. The number of benzene rings is 14. The summed E-state index contributed by atoms with van der Waals surface area (Å²) in [6.07, 6.45) is 0. The quantitative estimate of drug-likeness (QED) is 0.155. The molecule has 0 fully saturated rings. The zero-order chi connectivity index (χ0) is 45.6. The van der Waals surface area contributed by atoms with E-state index in [0.717, 1.165) is 0 Å². The van der Waals surface area contributed by atoms with E-state index >= 15 is 0 Å². The Labute approximate surface area is 403 Å². The summed E-state index contributed by atoms with van der Waals surface area (Å²) in [6.45, 7) is 0. The van der Waals surface area contributed by atoms with Crippen LogP contribution in [0.15, 0.2) is 243 Å². The summed E-state index contributed by atoms with van der Waals surface area (Å²) in [4.78, 5) is 0. The standard InChI is InChI=1S/C70H40/c1-3-15-41(16-4-1)64-63-40-62-54-24-12-10-22-52(54)57-26-14-27-58(67(57)62)68(63)65(42-17-5-2-6-18-42)70-60-36-35-48(56-25-13-28-59(66(56)60)69(64)70)47-32-31-43-37-44(29-30-45(43)38-47)46-33-34-55-51-21-8-7-19-49(51)50-20-9-11-23-53(50)61(55)39-46/h1-40H. The van der Waals surface area contributed by atoms with Gasteiger partial charge in [0.2, 0.25) is 0 Å². The van der Waals surface area contributed by atoms with Gasteiger partial charge in [0.1, 0.15) is 0 Å². The summed E-state index contributed by atoms with van der Waals surface area (Å²) in [5.41, 5.74) is 10.0. The smallest absolute Gasteiger partial charge is 0.000719 e. The second kappa shape index (κ2) is 14.2. The van der Waals surface area contributed by atoms with Crippen LogP contribution in [-0.2, 0) is 0 Å². The molecule has 0 heterocycles. The van der Waals surface area contributed by atoms with Crippen LogP contribution in [0.3, 0.4) is 0 Å². The van der Waals surface area contributed by atoms with E-state index in [0.29, 0.717) is 0 Å². The van der Waals surface area contributed by atoms with Gasteiger partial charge in [-0.1, -0.05) is 218 Å². The van der Waals surface area contributed by atoms with Crippen molar-refractivity contribution >= 4 is 118 Å². The Hall–Kier alpha value is -9.10. The molecule has 16 rings (SSSR count). The molecule has 16 aromatic carbocycles. The van der Waals surface area contributed by atoms with Crippen LogP contribution in [0.1, 0.15) is 0 Å². The molecular formula is C70H40. The van der Waals surface area contributed by atoms with Crippen LogP contribution in [-0.4, -0.2) is 0 Å². The van der Waals surface area contributed by atoms with Crippen molar-refractivity contribution in [2.24, 2.45) is 0 Å². The first-order valence-corrected chi connectivity index (χ1v) is 24.5. The molecule has 0 bridgehead atoms. The van der Waals surface area contributed by atoms with Gasteiger partial charge in [-0.3, -0.25) is 0 Å². The summed E-state index contributed by atoms with van der Waals surface area (Å²) in [6, 6.07) is 91.3. The van der Waals surface area contributed by atoms with Crippen molar-refractivity contribution in [2.45, 2.75) is 0 Å². The van der Waals surface area contributed by atoms with E-state index in [-0.39, 0.29) is 0 Å². The first kappa shape index (κ1) is 37.9. The lowest BCUT2D eigenvalue weighted by molar-refractivity contribution is 1.67. The molecule has 16 aromatic rings. The molecule has 0 nitrogen and oxygen atoms in total. The number of fused-ring (bicyclic) bond motifs is 15. The molecule has 0 heteroatoms. The number of rotatable bonds is 4. The van der Waals surface area contributed by atoms with Gasteiger partial charge in [0.05, 0.1) is 0 Å². The van der Waals surface area contributed by atoms with Crippen molar-refractivity contribution in [1.29, 1.82) is 0 Å². The maximum atomic E-state index is 2.53. The third-order valence-electron chi connectivity index (χ3n) is 15.9. The highest BCUT2D eigenvalue weighted by atomic mass is 14.3. The van der Waals surface area contributed by atoms with Gasteiger partial charge in [-0.15, -0.1) is 0 Å². The van der Waals surface area contributed by atoms with Crippen LogP contribution < -0.4 is 0 Å². The Balaban J connectivity index is 0.932. The fourth-order valence-electron chi connectivity index (χ4n) is 12.9. The average molecular weight is 881 g/mol. The minimum absolute atomic E-state index is 1.23. The van der Waals surface area contributed by atoms with E-state index in [1.807, 2.05) is 0 Å². The molecule has 0 unspecified atom stereocenters. The summed E-state index contributed by atoms with van der Waals surface area (Å²) >= 11 is 0. The zero-order valence-electron chi connectivity index (χ0n) is 38.1. The highest BCUT2D eigenvalue weighted by molar-refractivity contribution is 6.45. The van der Waals surface area contributed by atoms with Crippen molar-refractivity contribution < 1.29 is 0 Å². The normalized spacial score (nSPS) is 12.3. The maximum Gasteiger partial charge on any atom is -0.000719 e. The van der Waals surface area contributed by atoms with Gasteiger partial charge >= 0.3 is 0 Å². The largest absolute Gasteiger partial charge is 0.0622 e. The summed E-state index contributed by atoms with van der Waals surface area (Å²) in [5, 5.41) is 28.7. The van der Waals surface area contributed by atoms with Crippen molar-refractivity contribution in [2.75, 3.05) is 0 Å². The fourth-order valence-corrected chi connectivity index (χ4v) is 12.9. The molecule has 0 spiro atoms. The predicted octanol–water partition coefficient (Wildman–Crippen LogP) is 19.9. The summed E-state index contributed by atoms with van der Waals surface area (Å²) in [7, 11) is 0. The first-order valence-electron chi connectivity index (χ1n) is 24.5. The zero-order valence-corrected chi connectivity index (χ0v) is 38.1. The van der Waals surface area contributed by atoms with Crippen LogP contribution in [0, 0.1) is 0 Å². The second-order valence-electron chi connectivity index (χ2n) is 19.4. The molecule has 0 radical (unpaired) electrons. The van der Waals surface area contributed by atoms with Crippen molar-refractivity contribution in [1.82, 2.24) is 0 Å². The third kappa shape index (κ3) is 5.15. The van der Waals surface area contributed by atoms with Gasteiger partial charge < -0.3 is 0 Å². The van der Waals surface area contributed by atoms with Gasteiger partial charge in [-0.25, -0.2) is 0 Å². The molecule has 0 atom stereocenters. The lowest BCUT2D eigenvalue weighted by atomic mass is 9.84. The van der Waals surface area contributed by atoms with Crippen LogP contribution >= 0.6 is 0 Å². The van der Waals surface area contributed by atoms with Gasteiger partial charge in [0.25, 0.3) is 0 Å². The number of hydrogen-bond donors (Lipinski definition) is 0. The Morgan fingerprint density at radius 1 is 0.157 bits per heavy atom. The molecule has 0 N–H and O–H groups in total. The van der Waals surface area contributed by atoms with E-state index in [1.54, 1.807) is 0 Å². The molecule has 70 heavy (non-hydrogen) atoms. The monoisotopic (exact) mass is 880 g/mol. The molecular weight excluding hydrogens is 841 g/mol. The highest BCUT2D eigenvalue weighted by Gasteiger charge is 2.27. The summed E-state index contributed by atoms with van der Waals surface area (Å²) in [5.74, 6) is 0. The Kier molecular flexibility index (Phi) is 7.70. The van der Waals surface area contributed by atoms with Crippen molar-refractivity contribution in [3.05, 3.63) is 243 Å². The molecule has 320 valence electrons. The van der Waals surface area contributed by atoms with Crippen molar-refractivity contribution in [3.63, 3.8) is 0 Å². The summed E-state index contributed by atoms with van der Waals surface area (Å²) < 4.78 is 0. The molecule has 0 saturated carbocycles. The second-order valence-corrected chi connectivity index (χ2v) is 19.4. The topological polar surface area (TPSA) is 0 Å². The fraction of sp³-hybridized carbons (Fsp3) is 0. The highest BCUT2D eigenvalue weighted by Crippen LogP contribution is 2.55. The van der Waals surface area contributed by atoms with Gasteiger partial charge in [-0.2, -0.15) is 0 Å². The Morgan fingerprint density at radius 2 is 0.571 bits per heavy atom. The van der Waals surface area contributed by atoms with E-state index < -0.39 is 0 Å². The number of hydrogen-bond acceptors (Lipinski definition) is 0. The van der Waals surface area contributed by atoms with Gasteiger partial charge in [0, 0.05) is 0 Å². The van der Waals surface area contributed by atoms with Gasteiger partial charge in [-0.05, 0) is 187 Å². The Morgan fingerprint density at radius 3 is 1.24 bits per heavy atom. The van der Waals surface area contributed by atoms with Crippen molar-refractivity contribution in [3.8, 4) is 44.5 Å². The van der Waals surface area contributed by atoms with Crippen LogP contribution in [0.4, 0.5) is 0 Å². The minimum Gasteiger partial charge on any atom is -0.0622 e. The van der Waals surface area contributed by atoms with E-state index in [2.05, 4.69) is 243 Å². The van der Waals surface area contributed by atoms with E-state index in [1.165, 1.54) is 163 Å². The lowest BCUT2D eigenvalue weighted by Gasteiger charge is -2.19. The maximum absolute atomic E-state index is 2.53. The van der Waals surface area contributed by atoms with E-state index in [4.69, 9.17) is 0 Å². The molecule has 0 aliphatic rings. The Bertz CT molecular complexity index is 4810. The molecule has 0 amide bonds. The first-order chi connectivity index (χ1) is 34.7. The SMILES string of the molecule is c1ccc(-c2c3cc4c5ccccc5c5cccc(c3c(-c3ccccc3)c3c6ccc(-c7ccc8cc(-c9ccc%10c%11ccccc%11c%11ccccc%11c%10c9)ccc8c7)c7cccc(c23)c76)c54)cc1. The van der Waals surface area contributed by atoms with E-state index in [9.17, 15) is 0 Å². The van der Waals surface area contributed by atoms with Crippen LogP contribution in [0.25, 0.3) is 163 Å². The molecule has 0 aromatic heterocycles. The minimum atomic E-state index is 1.23. The van der Waals surface area contributed by atoms with Crippen LogP contribution in [0.5, 0.6) is 0 Å². The average Bonchev–Trinajstić information content (AvgIpc) is 3.94.